The molecule has 1 atom stereocenters. The molecule has 2 aliphatic heterocycles. The third-order valence-electron chi connectivity index (χ3n) is 4.61. The molecule has 2 fully saturated rings. The molecule has 2 heterocycles. The standard InChI is InChI=1S/C16H21ClFN3O/c1-19-4-6-20(7-5-19)15-2-3-21(11-15)16(22)12-8-13(17)10-14(18)9-12/h8-10,15H,2-7,11H2,1H3/t15-/m0/s1. The van der Waals surface area contributed by atoms with Gasteiger partial charge in [0.15, 0.2) is 0 Å². The number of hydrogen-bond donors (Lipinski definition) is 0. The third-order valence-corrected chi connectivity index (χ3v) is 4.83. The largest absolute Gasteiger partial charge is 0.337 e. The van der Waals surface area contributed by atoms with Crippen molar-refractivity contribution in [3.63, 3.8) is 0 Å². The molecule has 0 spiro atoms. The highest BCUT2D eigenvalue weighted by molar-refractivity contribution is 6.31. The van der Waals surface area contributed by atoms with Crippen LogP contribution in [0.2, 0.25) is 5.02 Å². The van der Waals surface area contributed by atoms with Crippen LogP contribution in [0.1, 0.15) is 16.8 Å². The fraction of sp³-hybridized carbons (Fsp3) is 0.562. The normalized spacial score (nSPS) is 24.0. The van der Waals surface area contributed by atoms with Crippen molar-refractivity contribution < 1.29 is 9.18 Å². The van der Waals surface area contributed by atoms with Gasteiger partial charge in [0.1, 0.15) is 5.82 Å². The van der Waals surface area contributed by atoms with Crippen LogP contribution in [0.25, 0.3) is 0 Å². The van der Waals surface area contributed by atoms with Crippen molar-refractivity contribution in [2.45, 2.75) is 12.5 Å². The number of rotatable bonds is 2. The molecule has 2 aliphatic rings. The van der Waals surface area contributed by atoms with E-state index >= 15 is 0 Å². The molecule has 1 aromatic carbocycles. The second kappa shape index (κ2) is 6.52. The van der Waals surface area contributed by atoms with E-state index in [0.717, 1.165) is 45.7 Å². The quantitative estimate of drug-likeness (QED) is 0.831. The van der Waals surface area contributed by atoms with E-state index in [9.17, 15) is 9.18 Å². The van der Waals surface area contributed by atoms with Crippen LogP contribution < -0.4 is 0 Å². The Kier molecular flexibility index (Phi) is 4.66. The first-order valence-electron chi connectivity index (χ1n) is 7.71. The third kappa shape index (κ3) is 3.42. The first kappa shape index (κ1) is 15.7. The first-order valence-corrected chi connectivity index (χ1v) is 8.08. The molecule has 0 saturated carbocycles. The van der Waals surface area contributed by atoms with Crippen molar-refractivity contribution in [2.24, 2.45) is 0 Å². The van der Waals surface area contributed by atoms with E-state index in [4.69, 9.17) is 11.6 Å². The summed E-state index contributed by atoms with van der Waals surface area (Å²) in [4.78, 5) is 19.1. The summed E-state index contributed by atoms with van der Waals surface area (Å²) in [6, 6.07) is 4.43. The van der Waals surface area contributed by atoms with E-state index in [0.29, 0.717) is 11.6 Å². The predicted octanol–water partition coefficient (Wildman–Crippen LogP) is 1.94. The van der Waals surface area contributed by atoms with Gasteiger partial charge in [0.2, 0.25) is 0 Å². The van der Waals surface area contributed by atoms with Crippen molar-refractivity contribution in [1.82, 2.24) is 14.7 Å². The molecule has 2 saturated heterocycles. The highest BCUT2D eigenvalue weighted by atomic mass is 35.5. The van der Waals surface area contributed by atoms with Gasteiger partial charge in [-0.1, -0.05) is 11.6 Å². The summed E-state index contributed by atoms with van der Waals surface area (Å²) in [6.07, 6.45) is 0.985. The van der Waals surface area contributed by atoms with E-state index in [1.807, 2.05) is 4.90 Å². The number of likely N-dealkylation sites (tertiary alicyclic amines) is 1. The van der Waals surface area contributed by atoms with Crippen molar-refractivity contribution in [1.29, 1.82) is 0 Å². The van der Waals surface area contributed by atoms with Gasteiger partial charge in [-0.05, 0) is 31.7 Å². The number of carbonyl (C=O) groups excluding carboxylic acids is 1. The van der Waals surface area contributed by atoms with Gasteiger partial charge in [-0.15, -0.1) is 0 Å². The average Bonchev–Trinajstić information content (AvgIpc) is 2.96. The smallest absolute Gasteiger partial charge is 0.254 e. The lowest BCUT2D eigenvalue weighted by molar-refractivity contribution is 0.0755. The van der Waals surface area contributed by atoms with Crippen LogP contribution in [0.15, 0.2) is 18.2 Å². The van der Waals surface area contributed by atoms with E-state index in [-0.39, 0.29) is 10.9 Å². The van der Waals surface area contributed by atoms with Crippen molar-refractivity contribution >= 4 is 17.5 Å². The lowest BCUT2D eigenvalue weighted by Gasteiger charge is -2.36. The minimum Gasteiger partial charge on any atom is -0.337 e. The van der Waals surface area contributed by atoms with E-state index in [2.05, 4.69) is 16.8 Å². The van der Waals surface area contributed by atoms with Crippen molar-refractivity contribution in [3.8, 4) is 0 Å². The van der Waals surface area contributed by atoms with Gasteiger partial charge >= 0.3 is 0 Å². The van der Waals surface area contributed by atoms with E-state index in [1.165, 1.54) is 18.2 Å². The summed E-state index contributed by atoms with van der Waals surface area (Å²) >= 11 is 5.84. The summed E-state index contributed by atoms with van der Waals surface area (Å²) in [7, 11) is 2.13. The zero-order valence-corrected chi connectivity index (χ0v) is 13.5. The lowest BCUT2D eigenvalue weighted by atomic mass is 10.2. The van der Waals surface area contributed by atoms with Gasteiger partial charge in [0.05, 0.1) is 0 Å². The molecule has 0 bridgehead atoms. The van der Waals surface area contributed by atoms with Gasteiger partial charge in [0, 0.05) is 55.9 Å². The summed E-state index contributed by atoms with van der Waals surface area (Å²) < 4.78 is 13.4. The van der Waals surface area contributed by atoms with Crippen molar-refractivity contribution in [2.75, 3.05) is 46.3 Å². The Bertz CT molecular complexity index is 540. The first-order chi connectivity index (χ1) is 10.5. The number of halogens is 2. The van der Waals surface area contributed by atoms with Crippen LogP contribution in [0.3, 0.4) is 0 Å². The minimum atomic E-state index is -0.467. The van der Waals surface area contributed by atoms with Crippen LogP contribution in [-0.4, -0.2) is 73.0 Å². The molecule has 0 radical (unpaired) electrons. The van der Waals surface area contributed by atoms with Crippen LogP contribution in [0.4, 0.5) is 4.39 Å². The molecule has 1 aromatic rings. The molecule has 0 aromatic heterocycles. The Hall–Kier alpha value is -1.17. The molecule has 0 N–H and O–H groups in total. The number of hydrogen-bond acceptors (Lipinski definition) is 3. The Morgan fingerprint density at radius 1 is 1.18 bits per heavy atom. The number of nitrogens with zero attached hydrogens (tertiary/aromatic N) is 3. The van der Waals surface area contributed by atoms with Crippen LogP contribution in [0.5, 0.6) is 0 Å². The van der Waals surface area contributed by atoms with Gasteiger partial charge in [0.25, 0.3) is 5.91 Å². The van der Waals surface area contributed by atoms with Crippen LogP contribution in [0, 0.1) is 5.82 Å². The molecule has 3 rings (SSSR count). The maximum atomic E-state index is 13.4. The van der Waals surface area contributed by atoms with E-state index in [1.54, 1.807) is 0 Å². The Morgan fingerprint density at radius 2 is 1.91 bits per heavy atom. The Labute approximate surface area is 135 Å². The highest BCUT2D eigenvalue weighted by Crippen LogP contribution is 2.21. The molecule has 1 amide bonds. The number of piperazine rings is 1. The molecule has 0 aliphatic carbocycles. The number of benzene rings is 1. The Balaban J connectivity index is 1.63. The zero-order valence-electron chi connectivity index (χ0n) is 12.8. The van der Waals surface area contributed by atoms with Crippen LogP contribution >= 0.6 is 11.6 Å². The second-order valence-electron chi connectivity index (χ2n) is 6.19. The number of likely N-dealkylation sites (N-methyl/N-ethyl adjacent to an activating group) is 1. The lowest BCUT2D eigenvalue weighted by Crippen LogP contribution is -2.50. The monoisotopic (exact) mass is 325 g/mol. The number of amides is 1. The topological polar surface area (TPSA) is 26.8 Å². The second-order valence-corrected chi connectivity index (χ2v) is 6.63. The molecule has 0 unspecified atom stereocenters. The minimum absolute atomic E-state index is 0.127. The summed E-state index contributed by atoms with van der Waals surface area (Å²) in [5, 5.41) is 0.262. The highest BCUT2D eigenvalue weighted by Gasteiger charge is 2.32. The SMILES string of the molecule is CN1CCN([C@H]2CCN(C(=O)c3cc(F)cc(Cl)c3)C2)CC1. The zero-order chi connectivity index (χ0) is 15.7. The molecule has 22 heavy (non-hydrogen) atoms. The molecule has 4 nitrogen and oxygen atoms in total. The van der Waals surface area contributed by atoms with Gasteiger partial charge in [-0.25, -0.2) is 4.39 Å². The molecule has 120 valence electrons. The maximum Gasteiger partial charge on any atom is 0.254 e. The Morgan fingerprint density at radius 3 is 2.59 bits per heavy atom. The average molecular weight is 326 g/mol. The molecular weight excluding hydrogens is 305 g/mol. The molecule has 6 heteroatoms. The van der Waals surface area contributed by atoms with Crippen LogP contribution in [-0.2, 0) is 0 Å². The molecular formula is C16H21ClFN3O. The van der Waals surface area contributed by atoms with Crippen molar-refractivity contribution in [3.05, 3.63) is 34.6 Å². The number of carbonyl (C=O) groups is 1. The van der Waals surface area contributed by atoms with E-state index < -0.39 is 5.82 Å². The fourth-order valence-corrected chi connectivity index (χ4v) is 3.49. The summed E-state index contributed by atoms with van der Waals surface area (Å²) in [6.45, 7) is 5.69. The summed E-state index contributed by atoms with van der Waals surface area (Å²) in [5.74, 6) is -0.594. The van der Waals surface area contributed by atoms with Gasteiger partial charge in [-0.2, -0.15) is 0 Å². The maximum absolute atomic E-state index is 13.4. The van der Waals surface area contributed by atoms with Gasteiger partial charge in [-0.3, -0.25) is 9.69 Å². The summed E-state index contributed by atoms with van der Waals surface area (Å²) in [5.41, 5.74) is 0.337. The predicted molar refractivity (Wildman–Crippen MR) is 84.8 cm³/mol. The van der Waals surface area contributed by atoms with Gasteiger partial charge < -0.3 is 9.80 Å². The fourth-order valence-electron chi connectivity index (χ4n) is 3.27.